The molecule has 0 spiro atoms. The highest BCUT2D eigenvalue weighted by atomic mass is 19.1. The van der Waals surface area contributed by atoms with Crippen LogP contribution in [-0.2, 0) is 6.54 Å². The summed E-state index contributed by atoms with van der Waals surface area (Å²) in [4.78, 5) is 13.1. The number of hydrogen-bond donors (Lipinski definition) is 2. The van der Waals surface area contributed by atoms with E-state index in [4.69, 9.17) is 5.73 Å². The number of nitrogens with zero attached hydrogens (tertiary/aromatic N) is 4. The number of nitrogens with two attached hydrogens (primary N) is 1. The van der Waals surface area contributed by atoms with Crippen molar-refractivity contribution in [3.05, 3.63) is 35.7 Å². The van der Waals surface area contributed by atoms with E-state index in [9.17, 15) is 13.9 Å². The average molecular weight is 397 g/mol. The molecule has 3 aromatic rings. The molecule has 0 amide bonds. The molecular weight excluding hydrogens is 376 g/mol. The van der Waals surface area contributed by atoms with E-state index in [1.165, 1.54) is 12.1 Å². The number of hydrogen-bond acceptors (Lipinski definition) is 5. The molecule has 0 bridgehead atoms. The fourth-order valence-electron chi connectivity index (χ4n) is 3.67. The highest BCUT2D eigenvalue weighted by Gasteiger charge is 2.28. The van der Waals surface area contributed by atoms with Crippen LogP contribution in [0.5, 0.6) is 0 Å². The van der Waals surface area contributed by atoms with Crippen molar-refractivity contribution in [1.29, 1.82) is 0 Å². The molecule has 8 heteroatoms. The number of benzene rings is 1. The Labute approximate surface area is 166 Å². The number of nitrogen functional groups attached to an aromatic ring is 1. The first-order valence-electron chi connectivity index (χ1n) is 9.64. The van der Waals surface area contributed by atoms with Crippen LogP contribution in [0.3, 0.4) is 0 Å². The van der Waals surface area contributed by atoms with Gasteiger partial charge in [0.25, 0.3) is 0 Å². The number of halogens is 2. The first kappa shape index (κ1) is 19.3. The van der Waals surface area contributed by atoms with E-state index in [1.807, 2.05) is 6.92 Å². The van der Waals surface area contributed by atoms with E-state index in [0.29, 0.717) is 41.9 Å². The number of imidazole rings is 1. The van der Waals surface area contributed by atoms with Crippen LogP contribution < -0.4 is 5.73 Å². The molecule has 0 aliphatic heterocycles. The lowest BCUT2D eigenvalue weighted by Crippen LogP contribution is -2.20. The van der Waals surface area contributed by atoms with E-state index in [0.717, 1.165) is 25.3 Å². The highest BCUT2D eigenvalue weighted by Crippen LogP contribution is 2.29. The van der Waals surface area contributed by atoms with Crippen molar-refractivity contribution in [2.75, 3.05) is 5.73 Å². The van der Waals surface area contributed by atoms with Gasteiger partial charge in [0.2, 0.25) is 5.82 Å². The zero-order valence-electron chi connectivity index (χ0n) is 16.0. The molecule has 2 heterocycles. The van der Waals surface area contributed by atoms with Gasteiger partial charge in [-0.1, -0.05) is 12.8 Å². The third kappa shape index (κ3) is 3.78. The predicted octanol–water partition coefficient (Wildman–Crippen LogP) is 3.42. The molecule has 1 saturated carbocycles. The molecule has 6 nitrogen and oxygen atoms in total. The summed E-state index contributed by atoms with van der Waals surface area (Å²) in [6.45, 7) is 2.50. The van der Waals surface area contributed by atoms with Crippen molar-refractivity contribution in [2.24, 2.45) is 0 Å². The Bertz CT molecular complexity index is 1120. The predicted molar refractivity (Wildman–Crippen MR) is 106 cm³/mol. The van der Waals surface area contributed by atoms with Gasteiger partial charge in [0.15, 0.2) is 17.0 Å². The number of aliphatic hydroxyl groups is 1. The number of rotatable bonds is 3. The Balaban J connectivity index is 1.86. The minimum Gasteiger partial charge on any atom is -0.382 e. The third-order valence-corrected chi connectivity index (χ3v) is 5.03. The molecule has 1 aliphatic carbocycles. The van der Waals surface area contributed by atoms with Gasteiger partial charge in [0, 0.05) is 18.2 Å². The normalized spacial score (nSPS) is 15.4. The summed E-state index contributed by atoms with van der Waals surface area (Å²) < 4.78 is 29.2. The standard InChI is InChI=1S/C21H21F2N5O/c1-2-9-28-19(13-10-14(22)12-15(23)11-13)27-17-18(24)25-16(26-20(17)28)5-8-21(29)6-3-4-7-21/h10-12,29H,2-4,6-7,9H2,1H3,(H2,24,25,26). The van der Waals surface area contributed by atoms with Crippen molar-refractivity contribution in [1.82, 2.24) is 19.5 Å². The minimum absolute atomic E-state index is 0.130. The largest absolute Gasteiger partial charge is 0.382 e. The molecule has 0 unspecified atom stereocenters. The maximum Gasteiger partial charge on any atom is 0.209 e. The minimum atomic E-state index is -1.01. The Morgan fingerprint density at radius 1 is 1.14 bits per heavy atom. The van der Waals surface area contributed by atoms with Crippen molar-refractivity contribution in [2.45, 2.75) is 51.2 Å². The molecule has 1 aromatic carbocycles. The fraction of sp³-hybridized carbons (Fsp3) is 0.381. The molecule has 0 saturated heterocycles. The van der Waals surface area contributed by atoms with E-state index in [1.54, 1.807) is 4.57 Å². The Morgan fingerprint density at radius 3 is 2.48 bits per heavy atom. The quantitative estimate of drug-likeness (QED) is 0.661. The second-order valence-corrected chi connectivity index (χ2v) is 7.34. The Hall–Kier alpha value is -3.05. The van der Waals surface area contributed by atoms with Crippen molar-refractivity contribution < 1.29 is 13.9 Å². The van der Waals surface area contributed by atoms with Crippen LogP contribution in [0.15, 0.2) is 18.2 Å². The van der Waals surface area contributed by atoms with Crippen LogP contribution in [0.25, 0.3) is 22.6 Å². The van der Waals surface area contributed by atoms with Gasteiger partial charge < -0.3 is 15.4 Å². The lowest BCUT2D eigenvalue weighted by atomic mass is 10.0. The summed E-state index contributed by atoms with van der Waals surface area (Å²) in [5.41, 5.74) is 6.16. The van der Waals surface area contributed by atoms with Gasteiger partial charge in [0.1, 0.15) is 23.1 Å². The number of aryl methyl sites for hydroxylation is 1. The van der Waals surface area contributed by atoms with E-state index >= 15 is 0 Å². The second kappa shape index (κ2) is 7.41. The van der Waals surface area contributed by atoms with Crippen LogP contribution in [0.1, 0.15) is 44.9 Å². The number of aromatic nitrogens is 4. The van der Waals surface area contributed by atoms with Gasteiger partial charge in [0.05, 0.1) is 0 Å². The van der Waals surface area contributed by atoms with Gasteiger partial charge in [-0.15, -0.1) is 0 Å². The summed E-state index contributed by atoms with van der Waals surface area (Å²) in [5.74, 6) is 5.00. The molecule has 0 atom stereocenters. The molecule has 1 fully saturated rings. The maximum absolute atomic E-state index is 13.7. The summed E-state index contributed by atoms with van der Waals surface area (Å²) in [6, 6.07) is 3.25. The molecule has 3 N–H and O–H groups in total. The number of anilines is 1. The Morgan fingerprint density at radius 2 is 1.83 bits per heavy atom. The second-order valence-electron chi connectivity index (χ2n) is 7.34. The Kier molecular flexibility index (Phi) is 4.92. The van der Waals surface area contributed by atoms with Crippen molar-refractivity contribution in [3.8, 4) is 23.2 Å². The van der Waals surface area contributed by atoms with Gasteiger partial charge in [-0.3, -0.25) is 0 Å². The third-order valence-electron chi connectivity index (χ3n) is 5.03. The molecular formula is C21H21F2N5O. The van der Waals surface area contributed by atoms with Crippen LogP contribution in [0.2, 0.25) is 0 Å². The zero-order chi connectivity index (χ0) is 20.6. The van der Waals surface area contributed by atoms with Gasteiger partial charge in [-0.2, -0.15) is 0 Å². The number of fused-ring (bicyclic) bond motifs is 1. The van der Waals surface area contributed by atoms with Crippen molar-refractivity contribution >= 4 is 17.0 Å². The van der Waals surface area contributed by atoms with Gasteiger partial charge >= 0.3 is 0 Å². The molecule has 0 radical (unpaired) electrons. The molecule has 150 valence electrons. The molecule has 29 heavy (non-hydrogen) atoms. The first-order chi connectivity index (χ1) is 13.9. The van der Waals surface area contributed by atoms with Crippen LogP contribution in [0, 0.1) is 23.5 Å². The molecule has 4 rings (SSSR count). The summed E-state index contributed by atoms with van der Waals surface area (Å²) in [6.07, 6.45) is 3.87. The SMILES string of the molecule is CCCn1c(-c2cc(F)cc(F)c2)nc2c(N)nc(C#CC3(O)CCCC3)nc21. The first-order valence-corrected chi connectivity index (χ1v) is 9.64. The van der Waals surface area contributed by atoms with Crippen molar-refractivity contribution in [3.63, 3.8) is 0 Å². The van der Waals surface area contributed by atoms with Gasteiger partial charge in [-0.05, 0) is 50.2 Å². The van der Waals surface area contributed by atoms with E-state index < -0.39 is 17.2 Å². The van der Waals surface area contributed by atoms with Crippen LogP contribution >= 0.6 is 0 Å². The summed E-state index contributed by atoms with van der Waals surface area (Å²) >= 11 is 0. The average Bonchev–Trinajstić information content (AvgIpc) is 3.25. The fourth-order valence-corrected chi connectivity index (χ4v) is 3.67. The smallest absolute Gasteiger partial charge is 0.209 e. The highest BCUT2D eigenvalue weighted by molar-refractivity contribution is 5.85. The summed E-state index contributed by atoms with van der Waals surface area (Å²) in [7, 11) is 0. The topological polar surface area (TPSA) is 89.9 Å². The van der Waals surface area contributed by atoms with Gasteiger partial charge in [-0.25, -0.2) is 23.7 Å². The zero-order valence-corrected chi connectivity index (χ0v) is 16.0. The lowest BCUT2D eigenvalue weighted by Gasteiger charge is -2.12. The van der Waals surface area contributed by atoms with Crippen LogP contribution in [-0.4, -0.2) is 30.2 Å². The monoisotopic (exact) mass is 397 g/mol. The maximum atomic E-state index is 13.7. The molecule has 1 aliphatic rings. The summed E-state index contributed by atoms with van der Waals surface area (Å²) in [5, 5.41) is 10.4. The van der Waals surface area contributed by atoms with Crippen LogP contribution in [0.4, 0.5) is 14.6 Å². The molecule has 2 aromatic heterocycles. The lowest BCUT2D eigenvalue weighted by molar-refractivity contribution is 0.110. The van der Waals surface area contributed by atoms with E-state index in [-0.39, 0.29) is 11.6 Å². The van der Waals surface area contributed by atoms with E-state index in [2.05, 4.69) is 26.8 Å².